The monoisotopic (exact) mass is 304 g/mol. The maximum Gasteiger partial charge on any atom is 0.173 e. The van der Waals surface area contributed by atoms with E-state index in [1.807, 2.05) is 0 Å². The van der Waals surface area contributed by atoms with Gasteiger partial charge in [-0.2, -0.15) is 0 Å². The first kappa shape index (κ1) is 8.53. The molecule has 2 bridgehead atoms. The lowest BCUT2D eigenvalue weighted by Gasteiger charge is -2.17. The molecule has 0 N–H and O–H groups in total. The van der Waals surface area contributed by atoms with E-state index in [9.17, 15) is 4.79 Å². The number of carbonyl (C=O) groups is 1. The van der Waals surface area contributed by atoms with Gasteiger partial charge in [0.05, 0.1) is 4.91 Å². The van der Waals surface area contributed by atoms with Crippen LogP contribution in [0.1, 0.15) is 6.42 Å². The van der Waals surface area contributed by atoms with Crippen LogP contribution in [0.3, 0.4) is 0 Å². The molecule has 0 saturated heterocycles. The molecule has 0 radical (unpaired) electrons. The Labute approximate surface area is 93.6 Å². The van der Waals surface area contributed by atoms with Crippen molar-refractivity contribution >= 4 is 35.9 Å². The second kappa shape index (κ2) is 2.86. The normalized spacial score (nSPS) is 45.6. The first-order valence-electron chi connectivity index (χ1n) is 4.54. The lowest BCUT2D eigenvalue weighted by atomic mass is 9.85. The molecule has 13 heavy (non-hydrogen) atoms. The molecular formula is C10H9IOS. The van der Waals surface area contributed by atoms with Crippen molar-refractivity contribution in [3.63, 3.8) is 0 Å². The van der Waals surface area contributed by atoms with Crippen LogP contribution in [0.15, 0.2) is 23.1 Å². The topological polar surface area (TPSA) is 17.1 Å². The quantitative estimate of drug-likeness (QED) is 0.547. The first-order valence-corrected chi connectivity index (χ1v) is 7.90. The van der Waals surface area contributed by atoms with Crippen LogP contribution in [0.5, 0.6) is 0 Å². The van der Waals surface area contributed by atoms with Crippen LogP contribution < -0.4 is 0 Å². The molecule has 3 heteroatoms. The molecule has 0 heterocycles. The minimum absolute atomic E-state index is 0.312. The fraction of sp³-hybridized carbons (Fsp3) is 0.500. The van der Waals surface area contributed by atoms with Crippen LogP contribution >= 0.6 is 30.1 Å². The highest BCUT2D eigenvalue weighted by Crippen LogP contribution is 2.54. The van der Waals surface area contributed by atoms with E-state index in [4.69, 9.17) is 0 Å². The Hall–Kier alpha value is 0.230. The summed E-state index contributed by atoms with van der Waals surface area (Å²) in [4.78, 5) is 12.9. The lowest BCUT2D eigenvalue weighted by molar-refractivity contribution is -0.119. The van der Waals surface area contributed by atoms with Crippen LogP contribution in [0.4, 0.5) is 0 Å². The van der Waals surface area contributed by atoms with Gasteiger partial charge in [-0.15, -0.1) is 0 Å². The van der Waals surface area contributed by atoms with Gasteiger partial charge in [0.25, 0.3) is 0 Å². The van der Waals surface area contributed by atoms with Gasteiger partial charge in [0.1, 0.15) is 0 Å². The maximum atomic E-state index is 11.9. The number of halogens is 1. The Morgan fingerprint density at radius 1 is 1.38 bits per heavy atom. The van der Waals surface area contributed by atoms with Gasteiger partial charge in [0, 0.05) is 27.1 Å². The molecule has 0 amide bonds. The molecule has 3 aliphatic rings. The maximum absolute atomic E-state index is 11.9. The highest BCUT2D eigenvalue weighted by Gasteiger charge is 2.51. The van der Waals surface area contributed by atoms with Gasteiger partial charge in [-0.25, -0.2) is 0 Å². The fourth-order valence-electron chi connectivity index (χ4n) is 2.94. The summed E-state index contributed by atoms with van der Waals surface area (Å²) in [7, 11) is 1.58. The van der Waals surface area contributed by atoms with E-state index in [0.717, 1.165) is 4.91 Å². The highest BCUT2D eigenvalue weighted by atomic mass is 127. The largest absolute Gasteiger partial charge is 0.293 e. The number of carbonyl (C=O) groups excluding carboxylic acids is 1. The molecule has 0 aliphatic heterocycles. The zero-order valence-corrected chi connectivity index (χ0v) is 9.92. The van der Waals surface area contributed by atoms with Gasteiger partial charge in [0.15, 0.2) is 5.78 Å². The van der Waals surface area contributed by atoms with Crippen molar-refractivity contribution in [2.45, 2.75) is 6.42 Å². The van der Waals surface area contributed by atoms with Crippen LogP contribution in [-0.4, -0.2) is 5.78 Å². The van der Waals surface area contributed by atoms with E-state index < -0.39 is 0 Å². The Morgan fingerprint density at radius 2 is 2.15 bits per heavy atom. The number of Topliss-reactive ketones (excluding diaryl/α,β-unsaturated/α-hetero) is 1. The van der Waals surface area contributed by atoms with E-state index >= 15 is 0 Å². The predicted octanol–water partition coefficient (Wildman–Crippen LogP) is 2.97. The third-order valence-electron chi connectivity index (χ3n) is 3.49. The third kappa shape index (κ3) is 1.03. The number of ketones is 1. The molecule has 68 valence electrons. The number of hydrogen-bond acceptors (Lipinski definition) is 2. The molecule has 3 aliphatic carbocycles. The second-order valence-electron chi connectivity index (χ2n) is 4.02. The Bertz CT molecular complexity index is 334. The van der Waals surface area contributed by atoms with E-state index in [-0.39, 0.29) is 0 Å². The van der Waals surface area contributed by atoms with Crippen LogP contribution in [0.25, 0.3) is 0 Å². The van der Waals surface area contributed by atoms with Gasteiger partial charge in [-0.3, -0.25) is 4.79 Å². The molecule has 0 spiro atoms. The van der Waals surface area contributed by atoms with Crippen molar-refractivity contribution in [1.29, 1.82) is 0 Å². The summed E-state index contributed by atoms with van der Waals surface area (Å²) in [6, 6.07) is 0. The van der Waals surface area contributed by atoms with Crippen molar-refractivity contribution in [3.8, 4) is 0 Å². The molecule has 0 aromatic heterocycles. The van der Waals surface area contributed by atoms with Crippen LogP contribution in [0.2, 0.25) is 0 Å². The zero-order valence-electron chi connectivity index (χ0n) is 6.94. The second-order valence-corrected chi connectivity index (χ2v) is 5.94. The summed E-state index contributed by atoms with van der Waals surface area (Å²) < 4.78 is 0. The predicted molar refractivity (Wildman–Crippen MR) is 62.4 cm³/mol. The summed E-state index contributed by atoms with van der Waals surface area (Å²) in [5.74, 6) is 2.48. The minimum atomic E-state index is 0.312. The molecule has 1 saturated carbocycles. The van der Waals surface area contributed by atoms with Crippen molar-refractivity contribution < 1.29 is 4.79 Å². The fourth-order valence-corrected chi connectivity index (χ4v) is 4.45. The van der Waals surface area contributed by atoms with Crippen molar-refractivity contribution in [2.75, 3.05) is 0 Å². The molecule has 1 fully saturated rings. The smallest absolute Gasteiger partial charge is 0.173 e. The van der Waals surface area contributed by atoms with E-state index in [0.29, 0.717) is 29.5 Å². The van der Waals surface area contributed by atoms with Crippen LogP contribution in [0, 0.1) is 23.7 Å². The van der Waals surface area contributed by atoms with Crippen LogP contribution in [-0.2, 0) is 4.79 Å². The molecular weight excluding hydrogens is 295 g/mol. The van der Waals surface area contributed by atoms with Gasteiger partial charge < -0.3 is 0 Å². The molecule has 4 atom stereocenters. The summed E-state index contributed by atoms with van der Waals surface area (Å²) in [6.45, 7) is 0. The Morgan fingerprint density at radius 3 is 2.85 bits per heavy atom. The lowest BCUT2D eigenvalue weighted by Crippen LogP contribution is -2.20. The summed E-state index contributed by atoms with van der Waals surface area (Å²) in [5, 5.41) is 0. The average Bonchev–Trinajstić information content (AvgIpc) is 2.76. The molecule has 0 unspecified atom stereocenters. The van der Waals surface area contributed by atoms with E-state index in [1.54, 1.807) is 8.93 Å². The standard InChI is InChI=1S/C10H9IOS/c11-13-8-4-7-5-1-2-6(3-5)9(7)10(8)12/h1-2,4-7,9H,3H2/t5-,6+,7+,9-/m1/s1. The van der Waals surface area contributed by atoms with Gasteiger partial charge in [0.2, 0.25) is 0 Å². The van der Waals surface area contributed by atoms with Gasteiger partial charge >= 0.3 is 0 Å². The van der Waals surface area contributed by atoms with Crippen molar-refractivity contribution in [3.05, 3.63) is 23.1 Å². The Balaban J connectivity index is 2.00. The SMILES string of the molecule is O=C1C(SI)=C[C@@H]2[C@H]1[C@H]1C=C[C@@H]2C1. The zero-order chi connectivity index (χ0) is 9.00. The van der Waals surface area contributed by atoms with E-state index in [1.165, 1.54) is 6.42 Å². The third-order valence-corrected chi connectivity index (χ3v) is 5.42. The average molecular weight is 304 g/mol. The number of allylic oxidation sites excluding steroid dienone is 4. The molecule has 0 aromatic carbocycles. The number of fused-ring (bicyclic) bond motifs is 5. The molecule has 3 rings (SSSR count). The Kier molecular flexibility index (Phi) is 1.88. The first-order chi connectivity index (χ1) is 6.31. The van der Waals surface area contributed by atoms with E-state index in [2.05, 4.69) is 39.4 Å². The number of hydrogen-bond donors (Lipinski definition) is 0. The van der Waals surface area contributed by atoms with Gasteiger partial charge in [-0.1, -0.05) is 18.2 Å². The van der Waals surface area contributed by atoms with Crippen molar-refractivity contribution in [1.82, 2.24) is 0 Å². The highest BCUT2D eigenvalue weighted by molar-refractivity contribution is 14.2. The summed E-state index contributed by atoms with van der Waals surface area (Å²) in [5.41, 5.74) is 0. The molecule has 0 aromatic rings. The summed E-state index contributed by atoms with van der Waals surface area (Å²) in [6.07, 6.45) is 7.98. The summed E-state index contributed by atoms with van der Waals surface area (Å²) >= 11 is 2.21. The number of rotatable bonds is 1. The molecule has 1 nitrogen and oxygen atoms in total. The van der Waals surface area contributed by atoms with Crippen molar-refractivity contribution in [2.24, 2.45) is 23.7 Å². The van der Waals surface area contributed by atoms with Gasteiger partial charge in [-0.05, 0) is 33.1 Å². The minimum Gasteiger partial charge on any atom is -0.293 e.